The summed E-state index contributed by atoms with van der Waals surface area (Å²) in [6, 6.07) is 9.15. The van der Waals surface area contributed by atoms with E-state index in [2.05, 4.69) is 0 Å². The van der Waals surface area contributed by atoms with Gasteiger partial charge in [0.15, 0.2) is 0 Å². The van der Waals surface area contributed by atoms with Crippen LogP contribution in [0.15, 0.2) is 36.4 Å². The minimum Gasteiger partial charge on any atom is -0.434 e. The number of nitrogens with zero attached hydrogens (tertiary/aromatic N) is 1. The van der Waals surface area contributed by atoms with Crippen LogP contribution in [-0.4, -0.2) is 31.3 Å². The van der Waals surface area contributed by atoms with E-state index in [1.165, 1.54) is 11.0 Å². The van der Waals surface area contributed by atoms with Crippen LogP contribution < -0.4 is 15.4 Å². The molecule has 1 amide bonds. The molecule has 1 heterocycles. The molecule has 1 aliphatic heterocycles. The molecule has 2 aromatic carbocycles. The fourth-order valence-corrected chi connectivity index (χ4v) is 3.55. The van der Waals surface area contributed by atoms with Crippen LogP contribution in [0, 0.1) is 12.7 Å². The van der Waals surface area contributed by atoms with E-state index in [-0.39, 0.29) is 12.5 Å². The molecule has 3 rings (SSSR count). The fraction of sp³-hybridized carbons (Fsp3) is 0.364. The zero-order chi connectivity index (χ0) is 21.0. The average molecular weight is 400 g/mol. The lowest BCUT2D eigenvalue weighted by Crippen LogP contribution is -2.47. The number of hydrogen-bond donors (Lipinski definition) is 1. The van der Waals surface area contributed by atoms with Gasteiger partial charge in [-0.3, -0.25) is 4.79 Å². The predicted molar refractivity (Wildman–Crippen MR) is 108 cm³/mol. The second-order valence-corrected chi connectivity index (χ2v) is 7.02. The van der Waals surface area contributed by atoms with Gasteiger partial charge in [-0.1, -0.05) is 18.2 Å². The summed E-state index contributed by atoms with van der Waals surface area (Å²) in [7, 11) is 0. The van der Waals surface area contributed by atoms with Crippen LogP contribution in [-0.2, 0) is 22.4 Å². The number of carbonyl (C=O) groups excluding carboxylic acids is 2. The Bertz CT molecular complexity index is 916. The van der Waals surface area contributed by atoms with E-state index in [0.717, 1.165) is 29.5 Å². The number of aryl methyl sites for hydroxylation is 2. The van der Waals surface area contributed by atoms with Crippen LogP contribution in [0.5, 0.6) is 5.75 Å². The highest BCUT2D eigenvalue weighted by molar-refractivity contribution is 5.98. The van der Waals surface area contributed by atoms with Crippen LogP contribution in [0.25, 0.3) is 0 Å². The molecule has 1 aliphatic rings. The van der Waals surface area contributed by atoms with Crippen molar-refractivity contribution in [1.29, 1.82) is 0 Å². The summed E-state index contributed by atoms with van der Waals surface area (Å²) >= 11 is 0. The molecule has 1 atom stereocenters. The van der Waals surface area contributed by atoms with E-state index in [4.69, 9.17) is 15.2 Å². The molecule has 0 aromatic heterocycles. The third kappa shape index (κ3) is 4.74. The van der Waals surface area contributed by atoms with Crippen LogP contribution in [0.1, 0.15) is 30.0 Å². The maximum absolute atomic E-state index is 14.4. The van der Waals surface area contributed by atoms with Crippen molar-refractivity contribution in [3.8, 4) is 5.75 Å². The Balaban J connectivity index is 1.72. The number of anilines is 1. The molecule has 2 aromatic rings. The molecule has 0 radical (unpaired) electrons. The van der Waals surface area contributed by atoms with Gasteiger partial charge in [-0.05, 0) is 68.0 Å². The third-order valence-corrected chi connectivity index (χ3v) is 4.97. The molecule has 154 valence electrons. The molecule has 0 aliphatic carbocycles. The lowest BCUT2D eigenvalue weighted by Gasteiger charge is -2.31. The molecule has 7 heteroatoms. The fourth-order valence-electron chi connectivity index (χ4n) is 3.55. The van der Waals surface area contributed by atoms with Gasteiger partial charge in [-0.2, -0.15) is 0 Å². The molecule has 0 bridgehead atoms. The number of para-hydroxylation sites is 1. The van der Waals surface area contributed by atoms with Crippen LogP contribution >= 0.6 is 0 Å². The molecule has 29 heavy (non-hydrogen) atoms. The summed E-state index contributed by atoms with van der Waals surface area (Å²) in [5.74, 6) is -0.349. The number of fused-ring (bicyclic) bond motifs is 1. The molecule has 1 unspecified atom stereocenters. The molecule has 0 spiro atoms. The van der Waals surface area contributed by atoms with Crippen molar-refractivity contribution in [2.24, 2.45) is 5.73 Å². The van der Waals surface area contributed by atoms with Crippen molar-refractivity contribution in [2.45, 2.75) is 39.2 Å². The topological polar surface area (TPSA) is 81.9 Å². The van der Waals surface area contributed by atoms with Gasteiger partial charge in [0.25, 0.3) is 0 Å². The second-order valence-electron chi connectivity index (χ2n) is 7.02. The van der Waals surface area contributed by atoms with Crippen molar-refractivity contribution in [2.75, 3.05) is 18.1 Å². The number of hydrogen-bond acceptors (Lipinski definition) is 5. The minimum atomic E-state index is -0.809. The molecular weight excluding hydrogens is 375 g/mol. The highest BCUT2D eigenvalue weighted by atomic mass is 19.1. The zero-order valence-electron chi connectivity index (χ0n) is 16.6. The maximum atomic E-state index is 14.4. The van der Waals surface area contributed by atoms with Crippen molar-refractivity contribution in [3.63, 3.8) is 0 Å². The summed E-state index contributed by atoms with van der Waals surface area (Å²) < 4.78 is 24.2. The highest BCUT2D eigenvalue weighted by Gasteiger charge is 2.29. The minimum absolute atomic E-state index is 0.229. The Kier molecular flexibility index (Phi) is 6.49. The Hall–Kier alpha value is -2.93. The summed E-state index contributed by atoms with van der Waals surface area (Å²) in [6.07, 6.45) is 1.04. The van der Waals surface area contributed by atoms with Gasteiger partial charge in [0, 0.05) is 6.54 Å². The van der Waals surface area contributed by atoms with Gasteiger partial charge in [-0.25, -0.2) is 9.18 Å². The van der Waals surface area contributed by atoms with E-state index in [1.54, 1.807) is 31.2 Å². The first kappa shape index (κ1) is 20.8. The first-order chi connectivity index (χ1) is 13.9. The maximum Gasteiger partial charge on any atom is 0.513 e. The monoisotopic (exact) mass is 400 g/mol. The molecular formula is C22H25FN2O4. The van der Waals surface area contributed by atoms with Gasteiger partial charge >= 0.3 is 6.16 Å². The number of amides is 1. The lowest BCUT2D eigenvalue weighted by atomic mass is 9.97. The normalized spacial score (nSPS) is 14.1. The van der Waals surface area contributed by atoms with Crippen LogP contribution in [0.4, 0.5) is 14.9 Å². The standard InChI is InChI=1S/C22H25FN2O4/c1-3-28-22(27)29-17-10-9-16(14(2)12-17)13-19(24)21(26)25-11-5-7-15-6-4-8-18(23)20(15)25/h4,6,8-10,12,19H,3,5,7,11,13,24H2,1-2H3. The second kappa shape index (κ2) is 9.05. The van der Waals surface area contributed by atoms with Crippen molar-refractivity contribution in [1.82, 2.24) is 0 Å². The Morgan fingerprint density at radius 3 is 2.79 bits per heavy atom. The summed E-state index contributed by atoms with van der Waals surface area (Å²) in [5.41, 5.74) is 9.05. The first-order valence-electron chi connectivity index (χ1n) is 9.69. The van der Waals surface area contributed by atoms with Gasteiger partial charge in [-0.15, -0.1) is 0 Å². The number of carbonyl (C=O) groups is 2. The van der Waals surface area contributed by atoms with Gasteiger partial charge in [0.2, 0.25) is 5.91 Å². The first-order valence-corrected chi connectivity index (χ1v) is 9.69. The number of halogens is 1. The molecule has 0 saturated heterocycles. The summed E-state index contributed by atoms with van der Waals surface area (Å²) in [6.45, 7) is 4.22. The van der Waals surface area contributed by atoms with E-state index in [1.807, 2.05) is 13.0 Å². The predicted octanol–water partition coefficient (Wildman–Crippen LogP) is 3.52. The van der Waals surface area contributed by atoms with Crippen molar-refractivity contribution in [3.05, 3.63) is 58.9 Å². The average Bonchev–Trinajstić information content (AvgIpc) is 2.69. The summed E-state index contributed by atoms with van der Waals surface area (Å²) in [4.78, 5) is 25.9. The molecule has 6 nitrogen and oxygen atoms in total. The molecule has 2 N–H and O–H groups in total. The number of benzene rings is 2. The van der Waals surface area contributed by atoms with E-state index in [0.29, 0.717) is 24.4 Å². The lowest BCUT2D eigenvalue weighted by molar-refractivity contribution is -0.119. The smallest absolute Gasteiger partial charge is 0.434 e. The number of rotatable bonds is 5. The Morgan fingerprint density at radius 2 is 2.07 bits per heavy atom. The van der Waals surface area contributed by atoms with Gasteiger partial charge < -0.3 is 20.1 Å². The Labute approximate surface area is 169 Å². The Morgan fingerprint density at radius 1 is 1.28 bits per heavy atom. The van der Waals surface area contributed by atoms with Gasteiger partial charge in [0.1, 0.15) is 11.6 Å². The van der Waals surface area contributed by atoms with Crippen molar-refractivity contribution < 1.29 is 23.5 Å². The third-order valence-electron chi connectivity index (χ3n) is 4.97. The van der Waals surface area contributed by atoms with Crippen LogP contribution in [0.2, 0.25) is 0 Å². The molecule has 0 saturated carbocycles. The quantitative estimate of drug-likeness (QED) is 0.613. The van der Waals surface area contributed by atoms with Crippen LogP contribution in [0.3, 0.4) is 0 Å². The van der Waals surface area contributed by atoms with Gasteiger partial charge in [0.05, 0.1) is 18.3 Å². The van der Waals surface area contributed by atoms with Crippen molar-refractivity contribution >= 4 is 17.7 Å². The number of ether oxygens (including phenoxy) is 2. The summed E-state index contributed by atoms with van der Waals surface area (Å²) in [5, 5.41) is 0. The van der Waals surface area contributed by atoms with E-state index in [9.17, 15) is 14.0 Å². The molecule has 0 fully saturated rings. The highest BCUT2D eigenvalue weighted by Crippen LogP contribution is 2.30. The SMILES string of the molecule is CCOC(=O)Oc1ccc(CC(N)C(=O)N2CCCc3cccc(F)c32)c(C)c1. The largest absolute Gasteiger partial charge is 0.513 e. The van der Waals surface area contributed by atoms with E-state index >= 15 is 0 Å². The van der Waals surface area contributed by atoms with E-state index < -0.39 is 18.0 Å². The zero-order valence-corrected chi connectivity index (χ0v) is 16.6. The number of nitrogens with two attached hydrogens (primary N) is 1.